The van der Waals surface area contributed by atoms with E-state index in [-0.39, 0.29) is 0 Å². The molecule has 0 spiro atoms. The van der Waals surface area contributed by atoms with Crippen LogP contribution in [0.4, 0.5) is 10.9 Å². The van der Waals surface area contributed by atoms with Gasteiger partial charge in [-0.25, -0.2) is 4.98 Å². The molecule has 1 aromatic carbocycles. The second-order valence-electron chi connectivity index (χ2n) is 6.42. The van der Waals surface area contributed by atoms with E-state index in [9.17, 15) is 0 Å². The number of nitrogens with one attached hydrogen (secondary N) is 1. The molecule has 0 amide bonds. The van der Waals surface area contributed by atoms with Crippen LogP contribution in [0.15, 0.2) is 42.7 Å². The van der Waals surface area contributed by atoms with E-state index in [4.69, 9.17) is 4.98 Å². The molecule has 1 saturated heterocycles. The van der Waals surface area contributed by atoms with E-state index in [0.717, 1.165) is 47.6 Å². The summed E-state index contributed by atoms with van der Waals surface area (Å²) in [6.07, 6.45) is 6.82. The first-order valence-electron chi connectivity index (χ1n) is 9.01. The number of anilines is 2. The third-order valence-electron chi connectivity index (χ3n) is 4.59. The van der Waals surface area contributed by atoms with Crippen molar-refractivity contribution in [3.8, 4) is 0 Å². The molecule has 26 heavy (non-hydrogen) atoms. The zero-order valence-electron chi connectivity index (χ0n) is 14.8. The van der Waals surface area contributed by atoms with Gasteiger partial charge in [0.2, 0.25) is 5.13 Å². The molecule has 0 saturated carbocycles. The second-order valence-corrected chi connectivity index (χ2v) is 7.48. The van der Waals surface area contributed by atoms with Gasteiger partial charge >= 0.3 is 0 Å². The Hall–Kier alpha value is -2.38. The molecular weight excluding hydrogens is 344 g/mol. The molecule has 3 aromatic rings. The van der Waals surface area contributed by atoms with Crippen LogP contribution < -0.4 is 5.32 Å². The molecule has 0 aliphatic carbocycles. The number of rotatable bonds is 6. The monoisotopic (exact) mass is 366 g/mol. The van der Waals surface area contributed by atoms with Crippen LogP contribution in [-0.4, -0.2) is 31.6 Å². The van der Waals surface area contributed by atoms with E-state index in [0.29, 0.717) is 6.04 Å². The summed E-state index contributed by atoms with van der Waals surface area (Å²) >= 11 is 1.56. The van der Waals surface area contributed by atoms with Gasteiger partial charge in [0.25, 0.3) is 0 Å². The molecule has 1 aliphatic rings. The average Bonchev–Trinajstić information content (AvgIpc) is 3.32. The van der Waals surface area contributed by atoms with Crippen molar-refractivity contribution in [1.82, 2.24) is 25.1 Å². The van der Waals surface area contributed by atoms with Crippen molar-refractivity contribution in [1.29, 1.82) is 0 Å². The predicted octanol–water partition coefficient (Wildman–Crippen LogP) is 3.97. The van der Waals surface area contributed by atoms with Gasteiger partial charge in [-0.05, 0) is 31.4 Å². The van der Waals surface area contributed by atoms with E-state index in [1.165, 1.54) is 12.0 Å². The molecule has 0 bridgehead atoms. The second kappa shape index (κ2) is 7.88. The molecule has 7 heteroatoms. The topological polar surface area (TPSA) is 66.8 Å². The fourth-order valence-corrected chi connectivity index (χ4v) is 4.01. The van der Waals surface area contributed by atoms with Crippen molar-refractivity contribution < 1.29 is 0 Å². The molecule has 3 heterocycles. The largest absolute Gasteiger partial charge is 0.313 e. The third-order valence-corrected chi connectivity index (χ3v) is 5.57. The standard InChI is InChI=1S/C19H22N6S/c1-2-18-23-24-19(26-18)22-17-12-20-11-15(21-17)16-9-6-10-25(16)13-14-7-4-3-5-8-14/h3-5,7-8,11-12,16H,2,6,9-10,13H2,1H3,(H,21,22,24). The van der Waals surface area contributed by atoms with E-state index >= 15 is 0 Å². The van der Waals surface area contributed by atoms with Crippen LogP contribution in [0.5, 0.6) is 0 Å². The molecular formula is C19H22N6S. The van der Waals surface area contributed by atoms with Crippen molar-refractivity contribution in [3.05, 3.63) is 59.0 Å². The molecule has 134 valence electrons. The predicted molar refractivity (Wildman–Crippen MR) is 103 cm³/mol. The zero-order chi connectivity index (χ0) is 17.8. The van der Waals surface area contributed by atoms with Gasteiger partial charge in [-0.2, -0.15) is 0 Å². The normalized spacial score (nSPS) is 17.5. The Balaban J connectivity index is 1.49. The zero-order valence-corrected chi connectivity index (χ0v) is 15.6. The Morgan fingerprint density at radius 3 is 2.88 bits per heavy atom. The SMILES string of the molecule is CCc1nnc(Nc2cncc(C3CCCN3Cc3ccccc3)n2)s1. The van der Waals surface area contributed by atoms with Crippen LogP contribution in [0.3, 0.4) is 0 Å². The van der Waals surface area contributed by atoms with Crippen LogP contribution in [0.1, 0.15) is 42.1 Å². The number of aryl methyl sites for hydroxylation is 1. The summed E-state index contributed by atoms with van der Waals surface area (Å²) in [5.41, 5.74) is 2.35. The van der Waals surface area contributed by atoms with Crippen LogP contribution in [0, 0.1) is 0 Å². The highest BCUT2D eigenvalue weighted by molar-refractivity contribution is 7.15. The smallest absolute Gasteiger partial charge is 0.211 e. The fourth-order valence-electron chi connectivity index (χ4n) is 3.33. The first kappa shape index (κ1) is 17.1. The van der Waals surface area contributed by atoms with Crippen molar-refractivity contribution >= 4 is 22.3 Å². The highest BCUT2D eigenvalue weighted by Crippen LogP contribution is 2.32. The lowest BCUT2D eigenvalue weighted by Crippen LogP contribution is -2.23. The van der Waals surface area contributed by atoms with Crippen molar-refractivity contribution in [2.45, 2.75) is 38.8 Å². The highest BCUT2D eigenvalue weighted by Gasteiger charge is 2.27. The third kappa shape index (κ3) is 3.89. The van der Waals surface area contributed by atoms with Gasteiger partial charge in [0.05, 0.1) is 24.1 Å². The first-order valence-corrected chi connectivity index (χ1v) is 9.83. The summed E-state index contributed by atoms with van der Waals surface area (Å²) in [6.45, 7) is 4.11. The Morgan fingerprint density at radius 1 is 1.19 bits per heavy atom. The minimum absolute atomic E-state index is 0.310. The molecule has 1 fully saturated rings. The van der Waals surface area contributed by atoms with Gasteiger partial charge in [0.15, 0.2) is 5.82 Å². The quantitative estimate of drug-likeness (QED) is 0.712. The summed E-state index contributed by atoms with van der Waals surface area (Å²) in [7, 11) is 0. The average molecular weight is 366 g/mol. The van der Waals surface area contributed by atoms with E-state index < -0.39 is 0 Å². The van der Waals surface area contributed by atoms with Crippen LogP contribution in [-0.2, 0) is 13.0 Å². The summed E-state index contributed by atoms with van der Waals surface area (Å²) in [5, 5.41) is 13.3. The summed E-state index contributed by atoms with van der Waals surface area (Å²) in [6, 6.07) is 10.9. The number of benzene rings is 1. The maximum absolute atomic E-state index is 4.80. The molecule has 1 atom stereocenters. The van der Waals surface area contributed by atoms with Crippen molar-refractivity contribution in [2.24, 2.45) is 0 Å². The number of aromatic nitrogens is 4. The Kier molecular flexibility index (Phi) is 5.17. The van der Waals surface area contributed by atoms with Crippen molar-refractivity contribution in [3.63, 3.8) is 0 Å². The van der Waals surface area contributed by atoms with Gasteiger partial charge in [0, 0.05) is 6.54 Å². The van der Waals surface area contributed by atoms with Gasteiger partial charge < -0.3 is 5.32 Å². The number of nitrogens with zero attached hydrogens (tertiary/aromatic N) is 5. The Labute approximate surface area is 157 Å². The first-order chi connectivity index (χ1) is 12.8. The summed E-state index contributed by atoms with van der Waals surface area (Å²) in [4.78, 5) is 11.7. The molecule has 0 radical (unpaired) electrons. The lowest BCUT2D eigenvalue weighted by molar-refractivity contribution is 0.244. The molecule has 6 nitrogen and oxygen atoms in total. The lowest BCUT2D eigenvalue weighted by Gasteiger charge is -2.24. The Bertz CT molecular complexity index is 850. The van der Waals surface area contributed by atoms with E-state index in [1.807, 2.05) is 6.20 Å². The van der Waals surface area contributed by atoms with Crippen LogP contribution >= 0.6 is 11.3 Å². The number of hydrogen-bond donors (Lipinski definition) is 1. The maximum Gasteiger partial charge on any atom is 0.211 e. The highest BCUT2D eigenvalue weighted by atomic mass is 32.1. The van der Waals surface area contributed by atoms with E-state index in [1.54, 1.807) is 17.5 Å². The van der Waals surface area contributed by atoms with Crippen molar-refractivity contribution in [2.75, 3.05) is 11.9 Å². The van der Waals surface area contributed by atoms with Crippen LogP contribution in [0.2, 0.25) is 0 Å². The minimum atomic E-state index is 0.310. The molecule has 1 unspecified atom stereocenters. The summed E-state index contributed by atoms with van der Waals surface area (Å²) < 4.78 is 0. The van der Waals surface area contributed by atoms with Gasteiger partial charge in [-0.15, -0.1) is 10.2 Å². The fraction of sp³-hybridized carbons (Fsp3) is 0.368. The molecule has 2 aromatic heterocycles. The van der Waals surface area contributed by atoms with Gasteiger partial charge in [-0.3, -0.25) is 9.88 Å². The molecule has 4 rings (SSSR count). The molecule has 1 N–H and O–H groups in total. The minimum Gasteiger partial charge on any atom is -0.313 e. The number of likely N-dealkylation sites (tertiary alicyclic amines) is 1. The van der Waals surface area contributed by atoms with Gasteiger partial charge in [-0.1, -0.05) is 48.6 Å². The number of hydrogen-bond acceptors (Lipinski definition) is 7. The van der Waals surface area contributed by atoms with E-state index in [2.05, 4.69) is 62.7 Å². The maximum atomic E-state index is 4.80. The summed E-state index contributed by atoms with van der Waals surface area (Å²) in [5.74, 6) is 0.730. The van der Waals surface area contributed by atoms with Gasteiger partial charge in [0.1, 0.15) is 5.01 Å². The molecule has 1 aliphatic heterocycles. The van der Waals surface area contributed by atoms with Crippen LogP contribution in [0.25, 0.3) is 0 Å². The lowest BCUT2D eigenvalue weighted by atomic mass is 10.1. The Morgan fingerprint density at radius 2 is 2.08 bits per heavy atom.